The van der Waals surface area contributed by atoms with E-state index in [1.54, 1.807) is 6.07 Å². The highest BCUT2D eigenvalue weighted by atomic mass is 19.1. The second-order valence-electron chi connectivity index (χ2n) is 7.36. The average molecular weight is 336 g/mol. The van der Waals surface area contributed by atoms with Gasteiger partial charge in [0.25, 0.3) is 0 Å². The molecule has 0 amide bonds. The Morgan fingerprint density at radius 3 is 2.68 bits per heavy atom. The molecule has 1 unspecified atom stereocenters. The summed E-state index contributed by atoms with van der Waals surface area (Å²) in [6.45, 7) is 5.87. The predicted octanol–water partition coefficient (Wildman–Crippen LogP) is 6.24. The Morgan fingerprint density at radius 1 is 1.08 bits per heavy atom. The van der Waals surface area contributed by atoms with Crippen molar-refractivity contribution >= 4 is 0 Å². The zero-order chi connectivity index (χ0) is 17.6. The molecule has 0 spiro atoms. The molecule has 1 atom stereocenters. The van der Waals surface area contributed by atoms with Crippen molar-refractivity contribution in [3.05, 3.63) is 82.7 Å². The van der Waals surface area contributed by atoms with Crippen molar-refractivity contribution in [2.75, 3.05) is 0 Å². The summed E-state index contributed by atoms with van der Waals surface area (Å²) in [7, 11) is 0. The molecule has 1 aliphatic rings. The number of hydrogen-bond donors (Lipinski definition) is 0. The standard InChI is InChI=1S/C24H29F/c1-3-5-6-19-9-13-23-16-20(10-14-22(23)15-19)8-12-21-11-7-18(4-2)17-24(21)25/h3,7,9,11,13,15,17,20H,1,4-6,8,10,12,14,16H2,2H3. The van der Waals surface area contributed by atoms with Crippen LogP contribution in [0.2, 0.25) is 0 Å². The van der Waals surface area contributed by atoms with Crippen LogP contribution in [0.15, 0.2) is 49.1 Å². The van der Waals surface area contributed by atoms with Gasteiger partial charge in [0.15, 0.2) is 0 Å². The van der Waals surface area contributed by atoms with Gasteiger partial charge in [0.1, 0.15) is 5.82 Å². The van der Waals surface area contributed by atoms with Gasteiger partial charge >= 0.3 is 0 Å². The fraction of sp³-hybridized carbons (Fsp3) is 0.417. The first-order chi connectivity index (χ1) is 12.2. The molecule has 0 saturated carbocycles. The van der Waals surface area contributed by atoms with Crippen LogP contribution in [-0.4, -0.2) is 0 Å². The van der Waals surface area contributed by atoms with Crippen molar-refractivity contribution < 1.29 is 4.39 Å². The molecule has 2 aromatic carbocycles. The molecule has 0 aliphatic heterocycles. The first kappa shape index (κ1) is 17.9. The van der Waals surface area contributed by atoms with E-state index in [9.17, 15) is 4.39 Å². The van der Waals surface area contributed by atoms with Crippen molar-refractivity contribution in [1.29, 1.82) is 0 Å². The third-order valence-corrected chi connectivity index (χ3v) is 5.59. The maximum Gasteiger partial charge on any atom is 0.126 e. The molecule has 0 nitrogen and oxygen atoms in total. The van der Waals surface area contributed by atoms with Gasteiger partial charge in [-0.15, -0.1) is 6.58 Å². The summed E-state index contributed by atoms with van der Waals surface area (Å²) >= 11 is 0. The smallest absolute Gasteiger partial charge is 0.126 e. The molecule has 0 N–H and O–H groups in total. The number of fused-ring (bicyclic) bond motifs is 1. The van der Waals surface area contributed by atoms with E-state index >= 15 is 0 Å². The van der Waals surface area contributed by atoms with E-state index in [1.165, 1.54) is 29.5 Å². The Labute approximate surface area is 151 Å². The predicted molar refractivity (Wildman–Crippen MR) is 105 cm³/mol. The molecule has 0 radical (unpaired) electrons. The van der Waals surface area contributed by atoms with Crippen LogP contribution in [0.3, 0.4) is 0 Å². The fourth-order valence-electron chi connectivity index (χ4n) is 3.93. The number of benzene rings is 2. The van der Waals surface area contributed by atoms with Gasteiger partial charge in [0, 0.05) is 0 Å². The number of aryl methyl sites for hydroxylation is 4. The molecule has 3 rings (SSSR count). The van der Waals surface area contributed by atoms with Crippen molar-refractivity contribution in [1.82, 2.24) is 0 Å². The fourth-order valence-corrected chi connectivity index (χ4v) is 3.93. The molecule has 1 heteroatoms. The van der Waals surface area contributed by atoms with Crippen molar-refractivity contribution in [3.8, 4) is 0 Å². The summed E-state index contributed by atoms with van der Waals surface area (Å²) < 4.78 is 14.2. The van der Waals surface area contributed by atoms with E-state index in [0.29, 0.717) is 5.92 Å². The molecule has 0 aromatic heterocycles. The van der Waals surface area contributed by atoms with Crippen molar-refractivity contribution in [2.24, 2.45) is 5.92 Å². The maximum atomic E-state index is 14.2. The van der Waals surface area contributed by atoms with Crippen LogP contribution in [0.25, 0.3) is 0 Å². The molecule has 0 fully saturated rings. The van der Waals surface area contributed by atoms with Gasteiger partial charge in [0.05, 0.1) is 0 Å². The van der Waals surface area contributed by atoms with Crippen LogP contribution in [0.4, 0.5) is 4.39 Å². The lowest BCUT2D eigenvalue weighted by Gasteiger charge is -2.25. The first-order valence-electron chi connectivity index (χ1n) is 9.68. The Hall–Kier alpha value is -1.89. The quantitative estimate of drug-likeness (QED) is 0.525. The molecule has 132 valence electrons. The molecular formula is C24H29F. The van der Waals surface area contributed by atoms with Crippen molar-refractivity contribution in [3.63, 3.8) is 0 Å². The minimum atomic E-state index is -0.0255. The summed E-state index contributed by atoms with van der Waals surface area (Å²) in [6.07, 6.45) is 10.5. The normalized spacial score (nSPS) is 16.5. The summed E-state index contributed by atoms with van der Waals surface area (Å²) in [4.78, 5) is 0. The summed E-state index contributed by atoms with van der Waals surface area (Å²) in [5, 5.41) is 0. The lowest BCUT2D eigenvalue weighted by Crippen LogP contribution is -2.15. The topological polar surface area (TPSA) is 0 Å². The summed E-state index contributed by atoms with van der Waals surface area (Å²) in [5.41, 5.74) is 6.41. The zero-order valence-electron chi connectivity index (χ0n) is 15.4. The van der Waals surface area contributed by atoms with E-state index in [-0.39, 0.29) is 5.82 Å². The number of halogens is 1. The Balaban J connectivity index is 1.58. The highest BCUT2D eigenvalue weighted by molar-refractivity contribution is 5.34. The van der Waals surface area contributed by atoms with Crippen LogP contribution >= 0.6 is 0 Å². The zero-order valence-corrected chi connectivity index (χ0v) is 15.4. The van der Waals surface area contributed by atoms with Gasteiger partial charge in [-0.1, -0.05) is 43.3 Å². The maximum absolute atomic E-state index is 14.2. The Bertz CT molecular complexity index is 729. The second kappa shape index (κ2) is 8.47. The van der Waals surface area contributed by atoms with Gasteiger partial charge < -0.3 is 0 Å². The van der Waals surface area contributed by atoms with Crippen LogP contribution in [0.5, 0.6) is 0 Å². The first-order valence-corrected chi connectivity index (χ1v) is 9.68. The molecular weight excluding hydrogens is 307 g/mol. The largest absolute Gasteiger partial charge is 0.207 e. The lowest BCUT2D eigenvalue weighted by molar-refractivity contribution is 0.423. The molecule has 25 heavy (non-hydrogen) atoms. The van der Waals surface area contributed by atoms with E-state index in [0.717, 1.165) is 49.7 Å². The molecule has 1 aliphatic carbocycles. The minimum absolute atomic E-state index is 0.0255. The highest BCUT2D eigenvalue weighted by Gasteiger charge is 2.19. The molecule has 0 saturated heterocycles. The van der Waals surface area contributed by atoms with Gasteiger partial charge in [-0.2, -0.15) is 0 Å². The van der Waals surface area contributed by atoms with Crippen LogP contribution < -0.4 is 0 Å². The van der Waals surface area contributed by atoms with Gasteiger partial charge in [-0.3, -0.25) is 0 Å². The van der Waals surface area contributed by atoms with Gasteiger partial charge in [-0.25, -0.2) is 4.39 Å². The van der Waals surface area contributed by atoms with Crippen molar-refractivity contribution in [2.45, 2.75) is 58.3 Å². The highest BCUT2D eigenvalue weighted by Crippen LogP contribution is 2.30. The Morgan fingerprint density at radius 2 is 1.92 bits per heavy atom. The Kier molecular flexibility index (Phi) is 6.07. The second-order valence-corrected chi connectivity index (χ2v) is 7.36. The van der Waals surface area contributed by atoms with Gasteiger partial charge in [-0.05, 0) is 91.2 Å². The summed E-state index contributed by atoms with van der Waals surface area (Å²) in [5.74, 6) is 0.652. The van der Waals surface area contributed by atoms with Gasteiger partial charge in [0.2, 0.25) is 0 Å². The van der Waals surface area contributed by atoms with E-state index in [2.05, 4.69) is 37.8 Å². The minimum Gasteiger partial charge on any atom is -0.207 e. The van der Waals surface area contributed by atoms with E-state index in [1.807, 2.05) is 12.1 Å². The number of hydrogen-bond acceptors (Lipinski definition) is 0. The third kappa shape index (κ3) is 4.60. The van der Waals surface area contributed by atoms with Crippen LogP contribution in [-0.2, 0) is 32.1 Å². The molecule has 2 aromatic rings. The monoisotopic (exact) mass is 336 g/mol. The third-order valence-electron chi connectivity index (χ3n) is 5.59. The van der Waals surface area contributed by atoms with E-state index < -0.39 is 0 Å². The van der Waals surface area contributed by atoms with Crippen LogP contribution in [0.1, 0.15) is 54.0 Å². The SMILES string of the molecule is C=CCCc1ccc2c(c1)CCC(CCc1ccc(CC)cc1F)C2. The molecule has 0 heterocycles. The molecule has 0 bridgehead atoms. The number of rotatable bonds is 7. The van der Waals surface area contributed by atoms with Crippen LogP contribution in [0, 0.1) is 11.7 Å². The average Bonchev–Trinajstić information content (AvgIpc) is 2.65. The number of allylic oxidation sites excluding steroid dienone is 1. The summed E-state index contributed by atoms with van der Waals surface area (Å²) in [6, 6.07) is 12.7. The van der Waals surface area contributed by atoms with E-state index in [4.69, 9.17) is 0 Å². The lowest BCUT2D eigenvalue weighted by atomic mass is 9.80.